The molecule has 1 aromatic carbocycles. The highest BCUT2D eigenvalue weighted by atomic mass is 32.2. The van der Waals surface area contributed by atoms with Crippen LogP contribution >= 0.6 is 0 Å². The molecule has 0 unspecified atom stereocenters. The fraction of sp³-hybridized carbons (Fsp3) is 0.533. The summed E-state index contributed by atoms with van der Waals surface area (Å²) >= 11 is 0. The Morgan fingerprint density at radius 2 is 1.86 bits per heavy atom. The van der Waals surface area contributed by atoms with E-state index in [2.05, 4.69) is 5.32 Å². The standard InChI is InChI=1S/C15H22N2O4S/c1-10-5-6-13(22(4,19)20)7-14(10)16-15(18)17-8-11(2)21-12(3)9-17/h5-7,11-12H,8-9H2,1-4H3,(H,16,18)/t11-,12-/m0/s1. The van der Waals surface area contributed by atoms with E-state index in [1.807, 2.05) is 20.8 Å². The Morgan fingerprint density at radius 3 is 2.41 bits per heavy atom. The van der Waals surface area contributed by atoms with Crippen LogP contribution in [0, 0.1) is 6.92 Å². The van der Waals surface area contributed by atoms with Crippen LogP contribution in [0.5, 0.6) is 0 Å². The number of nitrogens with zero attached hydrogens (tertiary/aromatic N) is 1. The molecule has 1 heterocycles. The molecule has 0 bridgehead atoms. The molecule has 0 aromatic heterocycles. The van der Waals surface area contributed by atoms with Crippen LogP contribution in [0.15, 0.2) is 23.1 Å². The lowest BCUT2D eigenvalue weighted by Crippen LogP contribution is -2.49. The number of sulfone groups is 1. The topological polar surface area (TPSA) is 75.7 Å². The second kappa shape index (κ2) is 6.26. The van der Waals surface area contributed by atoms with Crippen LogP contribution in [0.25, 0.3) is 0 Å². The molecule has 0 saturated carbocycles. The second-order valence-corrected chi connectivity index (χ2v) is 7.86. The molecule has 6 nitrogen and oxygen atoms in total. The molecule has 0 radical (unpaired) electrons. The number of hydrogen-bond acceptors (Lipinski definition) is 4. The van der Waals surface area contributed by atoms with Gasteiger partial charge in [0.25, 0.3) is 0 Å². The monoisotopic (exact) mass is 326 g/mol. The predicted molar refractivity (Wildman–Crippen MR) is 84.9 cm³/mol. The normalized spacial score (nSPS) is 22.5. The zero-order valence-corrected chi connectivity index (χ0v) is 14.1. The number of rotatable bonds is 2. The van der Waals surface area contributed by atoms with Gasteiger partial charge >= 0.3 is 6.03 Å². The predicted octanol–water partition coefficient (Wildman–Crippen LogP) is 2.04. The smallest absolute Gasteiger partial charge is 0.322 e. The average molecular weight is 326 g/mol. The van der Waals surface area contributed by atoms with E-state index >= 15 is 0 Å². The van der Waals surface area contributed by atoms with Crippen molar-refractivity contribution in [3.63, 3.8) is 0 Å². The first-order valence-corrected chi connectivity index (χ1v) is 9.08. The lowest BCUT2D eigenvalue weighted by molar-refractivity contribution is -0.0530. The molecule has 2 amide bonds. The van der Waals surface area contributed by atoms with Crippen molar-refractivity contribution >= 4 is 21.6 Å². The number of urea groups is 1. The van der Waals surface area contributed by atoms with Gasteiger partial charge in [0.2, 0.25) is 0 Å². The van der Waals surface area contributed by atoms with Gasteiger partial charge in [-0.2, -0.15) is 0 Å². The van der Waals surface area contributed by atoms with Gasteiger partial charge in [-0.3, -0.25) is 0 Å². The van der Waals surface area contributed by atoms with E-state index in [1.165, 1.54) is 6.07 Å². The van der Waals surface area contributed by atoms with Crippen molar-refractivity contribution in [2.24, 2.45) is 0 Å². The van der Waals surface area contributed by atoms with E-state index in [0.29, 0.717) is 18.8 Å². The Kier molecular flexibility index (Phi) is 4.77. The maximum atomic E-state index is 12.4. The van der Waals surface area contributed by atoms with Crippen LogP contribution in [0.4, 0.5) is 10.5 Å². The zero-order chi connectivity index (χ0) is 16.5. The third-order valence-electron chi connectivity index (χ3n) is 3.59. The number of morpholine rings is 1. The second-order valence-electron chi connectivity index (χ2n) is 5.84. The van der Waals surface area contributed by atoms with Crippen LogP contribution in [-0.2, 0) is 14.6 Å². The lowest BCUT2D eigenvalue weighted by Gasteiger charge is -2.35. The minimum absolute atomic E-state index is 0.0158. The SMILES string of the molecule is Cc1ccc(S(C)(=O)=O)cc1NC(=O)N1C[C@H](C)O[C@@H](C)C1. The first kappa shape index (κ1) is 16.8. The number of benzene rings is 1. The van der Waals surface area contributed by atoms with Crippen LogP contribution in [0.1, 0.15) is 19.4 Å². The van der Waals surface area contributed by atoms with Crippen molar-refractivity contribution < 1.29 is 17.9 Å². The van der Waals surface area contributed by atoms with Crippen LogP contribution in [0.2, 0.25) is 0 Å². The van der Waals surface area contributed by atoms with Gasteiger partial charge in [0.15, 0.2) is 9.84 Å². The molecule has 0 spiro atoms. The summed E-state index contributed by atoms with van der Waals surface area (Å²) in [6.07, 6.45) is 1.12. The Bertz CT molecular complexity index is 662. The molecule has 22 heavy (non-hydrogen) atoms. The van der Waals surface area contributed by atoms with E-state index in [1.54, 1.807) is 17.0 Å². The summed E-state index contributed by atoms with van der Waals surface area (Å²) in [5.74, 6) is 0. The highest BCUT2D eigenvalue weighted by Gasteiger charge is 2.26. The third kappa shape index (κ3) is 3.98. The number of nitrogens with one attached hydrogen (secondary N) is 1. The molecule has 0 aliphatic carbocycles. The van der Waals surface area contributed by atoms with E-state index in [9.17, 15) is 13.2 Å². The van der Waals surface area contributed by atoms with E-state index in [0.717, 1.165) is 11.8 Å². The molecule has 122 valence electrons. The maximum absolute atomic E-state index is 12.4. The largest absolute Gasteiger partial charge is 0.372 e. The van der Waals surface area contributed by atoms with Gasteiger partial charge in [-0.1, -0.05) is 6.07 Å². The van der Waals surface area contributed by atoms with Crippen molar-refractivity contribution in [3.05, 3.63) is 23.8 Å². The molecule has 2 atom stereocenters. The Labute approximate surface area is 131 Å². The summed E-state index contributed by atoms with van der Waals surface area (Å²) < 4.78 is 28.9. The van der Waals surface area contributed by atoms with Crippen molar-refractivity contribution in [1.29, 1.82) is 0 Å². The lowest BCUT2D eigenvalue weighted by atomic mass is 10.2. The summed E-state index contributed by atoms with van der Waals surface area (Å²) in [4.78, 5) is 14.3. The molecule has 1 saturated heterocycles. The van der Waals surface area contributed by atoms with Crippen molar-refractivity contribution in [3.8, 4) is 0 Å². The molecule has 1 aromatic rings. The maximum Gasteiger partial charge on any atom is 0.322 e. The fourth-order valence-electron chi connectivity index (χ4n) is 2.50. The molecule has 1 aliphatic rings. The summed E-state index contributed by atoms with van der Waals surface area (Å²) in [6, 6.07) is 4.49. The van der Waals surface area contributed by atoms with Crippen molar-refractivity contribution in [2.75, 3.05) is 24.7 Å². The average Bonchev–Trinajstić information content (AvgIpc) is 2.38. The fourth-order valence-corrected chi connectivity index (χ4v) is 3.15. The van der Waals surface area contributed by atoms with Crippen LogP contribution < -0.4 is 5.32 Å². The molecule has 1 fully saturated rings. The highest BCUT2D eigenvalue weighted by Crippen LogP contribution is 2.21. The van der Waals surface area contributed by atoms with Gasteiger partial charge in [0, 0.05) is 25.0 Å². The molecule has 2 rings (SSSR count). The molecule has 1 N–H and O–H groups in total. The minimum Gasteiger partial charge on any atom is -0.372 e. The van der Waals surface area contributed by atoms with E-state index in [4.69, 9.17) is 4.74 Å². The Morgan fingerprint density at radius 1 is 1.27 bits per heavy atom. The van der Waals surface area contributed by atoms with E-state index in [-0.39, 0.29) is 23.1 Å². The van der Waals surface area contributed by atoms with Crippen molar-refractivity contribution in [2.45, 2.75) is 37.9 Å². The quantitative estimate of drug-likeness (QED) is 0.902. The molecule has 1 aliphatic heterocycles. The summed E-state index contributed by atoms with van der Waals surface area (Å²) in [5.41, 5.74) is 1.33. The molecular weight excluding hydrogens is 304 g/mol. The number of aryl methyl sites for hydroxylation is 1. The Hall–Kier alpha value is -1.60. The van der Waals surface area contributed by atoms with Crippen LogP contribution in [-0.4, -0.2) is 50.9 Å². The highest BCUT2D eigenvalue weighted by molar-refractivity contribution is 7.90. The molecule has 7 heteroatoms. The number of carbonyl (C=O) groups excluding carboxylic acids is 1. The van der Waals surface area contributed by atoms with Gasteiger partial charge in [-0.25, -0.2) is 13.2 Å². The van der Waals surface area contributed by atoms with E-state index < -0.39 is 9.84 Å². The third-order valence-corrected chi connectivity index (χ3v) is 4.70. The van der Waals surface area contributed by atoms with Gasteiger partial charge < -0.3 is 15.0 Å². The summed E-state index contributed by atoms with van der Waals surface area (Å²) in [5, 5.41) is 2.80. The number of anilines is 1. The zero-order valence-electron chi connectivity index (χ0n) is 13.3. The minimum atomic E-state index is -3.31. The Balaban J connectivity index is 2.18. The van der Waals surface area contributed by atoms with Crippen LogP contribution in [0.3, 0.4) is 0 Å². The van der Waals surface area contributed by atoms with Gasteiger partial charge in [0.05, 0.1) is 17.1 Å². The number of amides is 2. The first-order valence-electron chi connectivity index (χ1n) is 7.19. The number of ether oxygens (including phenoxy) is 1. The van der Waals surface area contributed by atoms with Gasteiger partial charge in [-0.05, 0) is 38.5 Å². The summed E-state index contributed by atoms with van der Waals surface area (Å²) in [6.45, 7) is 6.70. The van der Waals surface area contributed by atoms with Crippen molar-refractivity contribution in [1.82, 2.24) is 4.90 Å². The van der Waals surface area contributed by atoms with Gasteiger partial charge in [0.1, 0.15) is 0 Å². The summed E-state index contributed by atoms with van der Waals surface area (Å²) in [7, 11) is -3.31. The number of carbonyl (C=O) groups is 1. The first-order chi connectivity index (χ1) is 10.2. The molecular formula is C15H22N2O4S. The van der Waals surface area contributed by atoms with Gasteiger partial charge in [-0.15, -0.1) is 0 Å². The number of hydrogen-bond donors (Lipinski definition) is 1.